The molecule has 8 nitrogen and oxygen atoms in total. The number of carbonyl (C=O) groups is 1. The molecule has 0 aliphatic carbocycles. The Bertz CT molecular complexity index is 1190. The Morgan fingerprint density at radius 3 is 2.53 bits per heavy atom. The van der Waals surface area contributed by atoms with Crippen molar-refractivity contribution in [2.45, 2.75) is 20.4 Å². The van der Waals surface area contributed by atoms with Crippen LogP contribution in [-0.4, -0.2) is 43.3 Å². The van der Waals surface area contributed by atoms with Gasteiger partial charge in [0.2, 0.25) is 5.91 Å². The number of hydrogen-bond donors (Lipinski definition) is 1. The molecule has 0 saturated heterocycles. The minimum atomic E-state index is -0.469. The molecule has 4 aromatic rings. The molecule has 0 aliphatic heterocycles. The van der Waals surface area contributed by atoms with Crippen LogP contribution in [-0.2, 0) is 13.6 Å². The van der Waals surface area contributed by atoms with Gasteiger partial charge in [-0.2, -0.15) is 5.10 Å². The van der Waals surface area contributed by atoms with Gasteiger partial charge in [0, 0.05) is 43.7 Å². The van der Waals surface area contributed by atoms with E-state index in [0.717, 1.165) is 41.5 Å². The number of aryl methyl sites for hydroxylation is 1. The van der Waals surface area contributed by atoms with Gasteiger partial charge in [-0.3, -0.25) is 9.48 Å². The molecule has 8 heteroatoms. The van der Waals surface area contributed by atoms with Crippen molar-refractivity contribution >= 4 is 22.8 Å². The number of nitrogens with zero attached hydrogens (tertiary/aromatic N) is 6. The van der Waals surface area contributed by atoms with Gasteiger partial charge in [0.15, 0.2) is 0 Å². The average Bonchev–Trinajstić information content (AvgIpc) is 3.32. The summed E-state index contributed by atoms with van der Waals surface area (Å²) in [7, 11) is 1.89. The van der Waals surface area contributed by atoms with Crippen LogP contribution in [0.2, 0.25) is 0 Å². The van der Waals surface area contributed by atoms with Gasteiger partial charge >= 0.3 is 0 Å². The molecule has 30 heavy (non-hydrogen) atoms. The number of amides is 1. The number of benzene rings is 1. The molecule has 2 N–H and O–H groups in total. The van der Waals surface area contributed by atoms with Crippen LogP contribution in [0.3, 0.4) is 0 Å². The molecular weight excluding hydrogens is 378 g/mol. The first-order valence-electron chi connectivity index (χ1n) is 10.00. The summed E-state index contributed by atoms with van der Waals surface area (Å²) in [4.78, 5) is 23.3. The molecule has 0 bridgehead atoms. The minimum Gasteiger partial charge on any atom is -0.366 e. The molecule has 154 valence electrons. The molecule has 0 aliphatic rings. The summed E-state index contributed by atoms with van der Waals surface area (Å²) in [5, 5.41) is 4.50. The van der Waals surface area contributed by atoms with Crippen LogP contribution in [0.25, 0.3) is 22.4 Å². The van der Waals surface area contributed by atoms with Gasteiger partial charge in [-0.25, -0.2) is 9.97 Å². The largest absolute Gasteiger partial charge is 0.366 e. The second-order valence-corrected chi connectivity index (χ2v) is 7.15. The summed E-state index contributed by atoms with van der Waals surface area (Å²) >= 11 is 0. The smallest absolute Gasteiger partial charge is 0.248 e. The van der Waals surface area contributed by atoms with Gasteiger partial charge < -0.3 is 15.2 Å². The number of nitrogens with two attached hydrogens (primary N) is 1. The molecule has 1 aromatic carbocycles. The van der Waals surface area contributed by atoms with Crippen LogP contribution in [0.1, 0.15) is 29.9 Å². The van der Waals surface area contributed by atoms with Crippen molar-refractivity contribution in [3.63, 3.8) is 0 Å². The Morgan fingerprint density at radius 2 is 1.93 bits per heavy atom. The Kier molecular flexibility index (Phi) is 5.22. The number of pyridine rings is 1. The summed E-state index contributed by atoms with van der Waals surface area (Å²) in [6.45, 7) is 6.58. The van der Waals surface area contributed by atoms with E-state index in [1.54, 1.807) is 16.8 Å². The lowest BCUT2D eigenvalue weighted by molar-refractivity contribution is 0.100. The van der Waals surface area contributed by atoms with E-state index in [-0.39, 0.29) is 0 Å². The Balaban J connectivity index is 1.82. The van der Waals surface area contributed by atoms with Crippen molar-refractivity contribution in [2.75, 3.05) is 18.0 Å². The minimum absolute atomic E-state index is 0.437. The molecule has 3 heterocycles. The van der Waals surface area contributed by atoms with Gasteiger partial charge in [-0.1, -0.05) is 0 Å². The van der Waals surface area contributed by atoms with E-state index < -0.39 is 5.91 Å². The lowest BCUT2D eigenvalue weighted by atomic mass is 10.2. The van der Waals surface area contributed by atoms with Crippen LogP contribution < -0.4 is 10.6 Å². The summed E-state index contributed by atoms with van der Waals surface area (Å²) in [5.41, 5.74) is 9.34. The van der Waals surface area contributed by atoms with E-state index in [1.165, 1.54) is 0 Å². The molecular formula is C22H25N7O. The number of anilines is 1. The summed E-state index contributed by atoms with van der Waals surface area (Å²) in [6.07, 6.45) is 3.76. The fourth-order valence-corrected chi connectivity index (χ4v) is 3.63. The van der Waals surface area contributed by atoms with Crippen molar-refractivity contribution in [3.05, 3.63) is 60.0 Å². The molecule has 0 spiro atoms. The predicted molar refractivity (Wildman–Crippen MR) is 117 cm³/mol. The van der Waals surface area contributed by atoms with Gasteiger partial charge in [0.25, 0.3) is 0 Å². The SMILES string of the molecule is CCN(CC)c1ccc(-c2nc3cc(C(N)=O)ccc3n2Cc2ccn(C)n2)cn1. The first-order valence-corrected chi connectivity index (χ1v) is 10.00. The van der Waals surface area contributed by atoms with Crippen molar-refractivity contribution < 1.29 is 4.79 Å². The van der Waals surface area contributed by atoms with Gasteiger partial charge in [0.1, 0.15) is 11.6 Å². The van der Waals surface area contributed by atoms with Gasteiger partial charge in [-0.05, 0) is 50.2 Å². The normalized spacial score (nSPS) is 11.2. The number of imidazole rings is 1. The maximum absolute atomic E-state index is 11.6. The highest BCUT2D eigenvalue weighted by atomic mass is 16.1. The van der Waals surface area contributed by atoms with E-state index in [2.05, 4.69) is 33.4 Å². The second-order valence-electron chi connectivity index (χ2n) is 7.15. The lowest BCUT2D eigenvalue weighted by Crippen LogP contribution is -2.22. The molecule has 0 unspecified atom stereocenters. The molecule has 1 amide bonds. The highest BCUT2D eigenvalue weighted by Gasteiger charge is 2.16. The van der Waals surface area contributed by atoms with E-state index in [9.17, 15) is 4.79 Å². The predicted octanol–water partition coefficient (Wildman–Crippen LogP) is 2.83. The molecule has 4 rings (SSSR count). The van der Waals surface area contributed by atoms with E-state index in [0.29, 0.717) is 17.6 Å². The first kappa shape index (κ1) is 19.6. The number of fused-ring (bicyclic) bond motifs is 1. The third-order valence-electron chi connectivity index (χ3n) is 5.22. The first-order chi connectivity index (χ1) is 14.5. The lowest BCUT2D eigenvalue weighted by Gasteiger charge is -2.19. The van der Waals surface area contributed by atoms with Crippen LogP contribution in [0.15, 0.2) is 48.8 Å². The topological polar surface area (TPSA) is 94.9 Å². The second kappa shape index (κ2) is 7.98. The van der Waals surface area contributed by atoms with Crippen molar-refractivity contribution in [2.24, 2.45) is 12.8 Å². The summed E-state index contributed by atoms with van der Waals surface area (Å²) < 4.78 is 3.87. The Hall–Kier alpha value is -3.68. The molecule has 0 radical (unpaired) electrons. The fourth-order valence-electron chi connectivity index (χ4n) is 3.63. The zero-order chi connectivity index (χ0) is 21.3. The van der Waals surface area contributed by atoms with Crippen molar-refractivity contribution in [1.82, 2.24) is 24.3 Å². The average molecular weight is 403 g/mol. The van der Waals surface area contributed by atoms with Gasteiger partial charge in [-0.15, -0.1) is 0 Å². The maximum Gasteiger partial charge on any atom is 0.248 e. The van der Waals surface area contributed by atoms with Crippen molar-refractivity contribution in [3.8, 4) is 11.4 Å². The zero-order valence-corrected chi connectivity index (χ0v) is 17.4. The van der Waals surface area contributed by atoms with Crippen LogP contribution >= 0.6 is 0 Å². The van der Waals surface area contributed by atoms with Gasteiger partial charge in [0.05, 0.1) is 23.3 Å². The molecule has 0 atom stereocenters. The van der Waals surface area contributed by atoms with E-state index in [4.69, 9.17) is 10.7 Å². The van der Waals surface area contributed by atoms with Crippen LogP contribution in [0.5, 0.6) is 0 Å². The number of rotatable bonds is 7. The molecule has 0 saturated carbocycles. The maximum atomic E-state index is 11.6. The summed E-state index contributed by atoms with van der Waals surface area (Å²) in [6, 6.07) is 11.4. The molecule has 3 aromatic heterocycles. The highest BCUT2D eigenvalue weighted by molar-refractivity contribution is 5.96. The van der Waals surface area contributed by atoms with E-state index in [1.807, 2.05) is 43.7 Å². The number of carbonyl (C=O) groups excluding carboxylic acids is 1. The van der Waals surface area contributed by atoms with Crippen LogP contribution in [0.4, 0.5) is 5.82 Å². The Morgan fingerprint density at radius 1 is 1.13 bits per heavy atom. The number of aromatic nitrogens is 5. The Labute approximate surface area is 175 Å². The fraction of sp³-hybridized carbons (Fsp3) is 0.273. The van der Waals surface area contributed by atoms with Crippen molar-refractivity contribution in [1.29, 1.82) is 0 Å². The monoisotopic (exact) mass is 403 g/mol. The summed E-state index contributed by atoms with van der Waals surface area (Å²) in [5.74, 6) is 1.24. The highest BCUT2D eigenvalue weighted by Crippen LogP contribution is 2.27. The quantitative estimate of drug-likeness (QED) is 0.512. The number of hydrogen-bond acceptors (Lipinski definition) is 5. The zero-order valence-electron chi connectivity index (χ0n) is 17.4. The standard InChI is InChI=1S/C22H25N7O/c1-4-28(5-2)20-9-7-16(13-24-20)22-25-18-12-15(21(23)30)6-8-19(18)29(22)14-17-10-11-27(3)26-17/h6-13H,4-5,14H2,1-3H3,(H2,23,30). The molecule has 0 fully saturated rings. The van der Waals surface area contributed by atoms with Crippen LogP contribution in [0, 0.1) is 0 Å². The third kappa shape index (κ3) is 3.63. The third-order valence-corrected chi connectivity index (χ3v) is 5.22. The number of primary amides is 1. The van der Waals surface area contributed by atoms with E-state index >= 15 is 0 Å².